The number of carbonyl (C=O) groups excluding carboxylic acids is 2. The molecule has 3 N–H and O–H groups in total. The maximum Gasteiger partial charge on any atom is 0.238 e. The van der Waals surface area contributed by atoms with Gasteiger partial charge in [-0.25, -0.2) is 0 Å². The molecule has 0 bridgehead atoms. The van der Waals surface area contributed by atoms with Crippen molar-refractivity contribution < 1.29 is 14.3 Å². The van der Waals surface area contributed by atoms with E-state index in [0.29, 0.717) is 21.5 Å². The Morgan fingerprint density at radius 2 is 1.74 bits per heavy atom. The van der Waals surface area contributed by atoms with Gasteiger partial charge in [0.2, 0.25) is 11.8 Å². The van der Waals surface area contributed by atoms with Crippen LogP contribution in [0, 0.1) is 0 Å². The molecule has 3 heterocycles. The average molecular weight is 615 g/mol. The number of piperidine rings is 2. The number of nitrogens with one attached hydrogen (secondary N) is 3. The SMILES string of the molecule is O=C1C[C@@H](c2cccc(Cl)c2)[C@]2(C(=O)Nc3cc(Cl)ccc32)[C@@H](c2cc(Br)ccc2OC2CCNCC2)N1. The number of hydrogen-bond donors (Lipinski definition) is 3. The Hall–Kier alpha value is -2.58. The number of anilines is 1. The van der Waals surface area contributed by atoms with Crippen LogP contribution in [0.3, 0.4) is 0 Å². The summed E-state index contributed by atoms with van der Waals surface area (Å²) in [6.07, 6.45) is 1.93. The van der Waals surface area contributed by atoms with Gasteiger partial charge in [-0.05, 0) is 79.5 Å². The van der Waals surface area contributed by atoms with Crippen molar-refractivity contribution in [3.63, 3.8) is 0 Å². The zero-order chi connectivity index (χ0) is 26.4. The summed E-state index contributed by atoms with van der Waals surface area (Å²) in [5.41, 5.74) is 1.84. The quantitative estimate of drug-likeness (QED) is 0.331. The molecular weight excluding hydrogens is 589 g/mol. The van der Waals surface area contributed by atoms with Crippen molar-refractivity contribution in [1.82, 2.24) is 10.6 Å². The van der Waals surface area contributed by atoms with E-state index >= 15 is 0 Å². The summed E-state index contributed by atoms with van der Waals surface area (Å²) in [7, 11) is 0. The minimum atomic E-state index is -1.16. The summed E-state index contributed by atoms with van der Waals surface area (Å²) >= 11 is 16.4. The predicted octanol–water partition coefficient (Wildman–Crippen LogP) is 6.12. The Kier molecular flexibility index (Phi) is 6.89. The Morgan fingerprint density at radius 3 is 2.53 bits per heavy atom. The van der Waals surface area contributed by atoms with Crippen LogP contribution in [-0.4, -0.2) is 31.0 Å². The fraction of sp³-hybridized carbons (Fsp3) is 0.310. The van der Waals surface area contributed by atoms with Gasteiger partial charge in [-0.1, -0.05) is 57.3 Å². The van der Waals surface area contributed by atoms with Crippen LogP contribution in [0.1, 0.15) is 47.9 Å². The molecular formula is C29H26BrCl2N3O3. The molecule has 3 aliphatic rings. The molecule has 3 aliphatic heterocycles. The second-order valence-corrected chi connectivity index (χ2v) is 11.9. The molecule has 2 saturated heterocycles. The van der Waals surface area contributed by atoms with Crippen LogP contribution >= 0.6 is 39.1 Å². The van der Waals surface area contributed by atoms with Gasteiger partial charge in [-0.15, -0.1) is 0 Å². The molecule has 38 heavy (non-hydrogen) atoms. The van der Waals surface area contributed by atoms with E-state index in [1.807, 2.05) is 42.5 Å². The standard InChI is InChI=1S/C29H26BrCl2N3O3/c30-17-4-7-25(38-20-8-10-33-11-9-20)21(13-17)27-29(22-6-5-19(32)14-24(22)34-28(29)37)23(15-26(36)35-27)16-2-1-3-18(31)12-16/h1-7,12-14,20,23,27,33H,8-11,15H2,(H,34,37)(H,35,36)/t23-,27+,29-/m0/s1. The molecule has 6 rings (SSSR count). The Morgan fingerprint density at radius 1 is 0.947 bits per heavy atom. The summed E-state index contributed by atoms with van der Waals surface area (Å²) < 4.78 is 7.38. The fourth-order valence-corrected chi connectivity index (χ4v) is 6.96. The molecule has 1 spiro atoms. The van der Waals surface area contributed by atoms with Gasteiger partial charge in [-0.2, -0.15) is 0 Å². The van der Waals surface area contributed by atoms with Crippen molar-refractivity contribution in [1.29, 1.82) is 0 Å². The molecule has 2 amide bonds. The van der Waals surface area contributed by atoms with Crippen LogP contribution in [0.2, 0.25) is 10.0 Å². The third-order valence-electron chi connectivity index (χ3n) is 7.86. The molecule has 196 valence electrons. The fourth-order valence-electron chi connectivity index (χ4n) is 6.21. The normalized spacial score (nSPS) is 25.1. The van der Waals surface area contributed by atoms with Crippen LogP contribution in [0.5, 0.6) is 5.75 Å². The Balaban J connectivity index is 1.57. The maximum atomic E-state index is 14.3. The summed E-state index contributed by atoms with van der Waals surface area (Å²) in [4.78, 5) is 27.6. The third-order valence-corrected chi connectivity index (χ3v) is 8.83. The van der Waals surface area contributed by atoms with Gasteiger partial charge in [0.25, 0.3) is 0 Å². The molecule has 2 fully saturated rings. The first-order chi connectivity index (χ1) is 18.4. The van der Waals surface area contributed by atoms with E-state index < -0.39 is 17.4 Å². The average Bonchev–Trinajstić information content (AvgIpc) is 3.18. The molecule has 6 nitrogen and oxygen atoms in total. The van der Waals surface area contributed by atoms with Gasteiger partial charge in [0, 0.05) is 38.1 Å². The van der Waals surface area contributed by atoms with Crippen molar-refractivity contribution in [2.24, 2.45) is 0 Å². The number of benzene rings is 3. The van der Waals surface area contributed by atoms with E-state index in [0.717, 1.165) is 47.1 Å². The van der Waals surface area contributed by atoms with Crippen LogP contribution < -0.4 is 20.7 Å². The number of halogens is 3. The highest BCUT2D eigenvalue weighted by Crippen LogP contribution is 2.58. The summed E-state index contributed by atoms with van der Waals surface area (Å²) in [6, 6.07) is 18.0. The van der Waals surface area contributed by atoms with Gasteiger partial charge in [0.15, 0.2) is 0 Å². The first-order valence-corrected chi connectivity index (χ1v) is 14.2. The second-order valence-electron chi connectivity index (χ2n) is 10.1. The van der Waals surface area contributed by atoms with Gasteiger partial charge in [0.05, 0.1) is 6.04 Å². The van der Waals surface area contributed by atoms with Crippen molar-refractivity contribution in [3.05, 3.63) is 91.9 Å². The van der Waals surface area contributed by atoms with Crippen molar-refractivity contribution in [2.45, 2.75) is 42.7 Å². The van der Waals surface area contributed by atoms with Crippen molar-refractivity contribution in [3.8, 4) is 5.75 Å². The summed E-state index contributed by atoms with van der Waals surface area (Å²) in [6.45, 7) is 1.77. The van der Waals surface area contributed by atoms with Crippen LogP contribution in [0.15, 0.2) is 65.1 Å². The van der Waals surface area contributed by atoms with Crippen LogP contribution in [-0.2, 0) is 15.0 Å². The number of ether oxygens (including phenoxy) is 1. The van der Waals surface area contributed by atoms with E-state index in [4.69, 9.17) is 27.9 Å². The van der Waals surface area contributed by atoms with Crippen molar-refractivity contribution in [2.75, 3.05) is 18.4 Å². The van der Waals surface area contributed by atoms with Crippen molar-refractivity contribution >= 4 is 56.6 Å². The minimum absolute atomic E-state index is 0.0404. The predicted molar refractivity (Wildman–Crippen MR) is 152 cm³/mol. The van der Waals surface area contributed by atoms with Gasteiger partial charge >= 0.3 is 0 Å². The highest BCUT2D eigenvalue weighted by atomic mass is 79.9. The molecule has 9 heteroatoms. The lowest BCUT2D eigenvalue weighted by Crippen LogP contribution is -2.57. The second kappa shape index (κ2) is 10.2. The first-order valence-electron chi connectivity index (χ1n) is 12.7. The maximum absolute atomic E-state index is 14.3. The lowest BCUT2D eigenvalue weighted by Gasteiger charge is -2.46. The van der Waals surface area contributed by atoms with Gasteiger partial charge < -0.3 is 20.7 Å². The number of fused-ring (bicyclic) bond motifs is 2. The minimum Gasteiger partial charge on any atom is -0.490 e. The number of carbonyl (C=O) groups is 2. The van der Waals surface area contributed by atoms with Crippen LogP contribution in [0.25, 0.3) is 0 Å². The largest absolute Gasteiger partial charge is 0.490 e. The molecule has 3 aromatic carbocycles. The molecule has 0 saturated carbocycles. The highest BCUT2D eigenvalue weighted by molar-refractivity contribution is 9.10. The highest BCUT2D eigenvalue weighted by Gasteiger charge is 2.61. The zero-order valence-corrected chi connectivity index (χ0v) is 23.5. The number of rotatable bonds is 4. The monoisotopic (exact) mass is 613 g/mol. The smallest absolute Gasteiger partial charge is 0.238 e. The third kappa shape index (κ3) is 4.39. The molecule has 0 radical (unpaired) electrons. The molecule has 0 unspecified atom stereocenters. The molecule has 3 aromatic rings. The lowest BCUT2D eigenvalue weighted by molar-refractivity contribution is -0.131. The van der Waals surface area contributed by atoms with E-state index in [9.17, 15) is 9.59 Å². The Bertz CT molecular complexity index is 1430. The van der Waals surface area contributed by atoms with Gasteiger partial charge in [-0.3, -0.25) is 9.59 Å². The first kappa shape index (κ1) is 25.7. The van der Waals surface area contributed by atoms with Gasteiger partial charge in [0.1, 0.15) is 17.3 Å². The van der Waals surface area contributed by atoms with E-state index in [2.05, 4.69) is 31.9 Å². The molecule has 3 atom stereocenters. The summed E-state index contributed by atoms with van der Waals surface area (Å²) in [5.74, 6) is -0.161. The number of amides is 2. The number of hydrogen-bond acceptors (Lipinski definition) is 4. The van der Waals surface area contributed by atoms with Crippen LogP contribution in [0.4, 0.5) is 5.69 Å². The molecule has 0 aliphatic carbocycles. The topological polar surface area (TPSA) is 79.5 Å². The van der Waals surface area contributed by atoms with E-state index in [1.165, 1.54) is 0 Å². The zero-order valence-electron chi connectivity index (χ0n) is 20.4. The lowest BCUT2D eigenvalue weighted by atomic mass is 9.59. The van der Waals surface area contributed by atoms with E-state index in [1.54, 1.807) is 18.2 Å². The molecule has 0 aromatic heterocycles. The Labute approximate surface area is 239 Å². The van der Waals surface area contributed by atoms with E-state index in [-0.39, 0.29) is 24.3 Å². The summed E-state index contributed by atoms with van der Waals surface area (Å²) in [5, 5.41) is 10.7.